The van der Waals surface area contributed by atoms with Gasteiger partial charge in [0.15, 0.2) is 0 Å². The minimum atomic E-state index is -0.430. The van der Waals surface area contributed by atoms with E-state index in [-0.39, 0.29) is 12.5 Å². The van der Waals surface area contributed by atoms with Gasteiger partial charge in [-0.05, 0) is 52.6 Å². The van der Waals surface area contributed by atoms with Crippen molar-refractivity contribution in [1.82, 2.24) is 4.98 Å². The maximum absolute atomic E-state index is 12.7. The second kappa shape index (κ2) is 6.59. The third-order valence-electron chi connectivity index (χ3n) is 5.24. The summed E-state index contributed by atoms with van der Waals surface area (Å²) in [7, 11) is 0. The second-order valence-corrected chi connectivity index (χ2v) is 7.01. The van der Waals surface area contributed by atoms with Crippen LogP contribution in [0.1, 0.15) is 22.7 Å². The number of nitrogens with zero attached hydrogens (tertiary/aromatic N) is 1. The van der Waals surface area contributed by atoms with Crippen molar-refractivity contribution < 1.29 is 9.90 Å². The van der Waals surface area contributed by atoms with Crippen LogP contribution in [0.25, 0.3) is 22.0 Å². The predicted molar refractivity (Wildman–Crippen MR) is 110 cm³/mol. The molecule has 136 valence electrons. The third kappa shape index (κ3) is 2.75. The van der Waals surface area contributed by atoms with Gasteiger partial charge in [0.1, 0.15) is 5.92 Å². The van der Waals surface area contributed by atoms with Crippen molar-refractivity contribution in [3.8, 4) is 11.1 Å². The quantitative estimate of drug-likeness (QED) is 0.562. The number of aliphatic hydroxyl groups excluding tert-OH is 1. The van der Waals surface area contributed by atoms with Gasteiger partial charge in [-0.1, -0.05) is 48.5 Å². The number of para-hydroxylation sites is 1. The maximum atomic E-state index is 12.7. The number of carbonyl (C=O) groups is 1. The number of amides is 1. The van der Waals surface area contributed by atoms with Crippen LogP contribution in [0.5, 0.6) is 0 Å². The fourth-order valence-corrected chi connectivity index (χ4v) is 3.83. The number of aliphatic hydroxyl groups is 1. The molecular weight excluding hydrogens is 348 g/mol. The molecule has 2 heterocycles. The molecule has 0 spiro atoms. The first kappa shape index (κ1) is 16.7. The highest BCUT2D eigenvalue weighted by atomic mass is 16.3. The molecule has 28 heavy (non-hydrogen) atoms. The molecule has 0 bridgehead atoms. The minimum Gasteiger partial charge on any atom is -0.392 e. The van der Waals surface area contributed by atoms with E-state index >= 15 is 0 Å². The molecular formula is C24H18N2O2. The highest BCUT2D eigenvalue weighted by molar-refractivity contribution is 6.05. The molecule has 1 amide bonds. The summed E-state index contributed by atoms with van der Waals surface area (Å²) in [5.41, 5.74) is 6.27. The summed E-state index contributed by atoms with van der Waals surface area (Å²) in [6.45, 7) is 0.00244. The van der Waals surface area contributed by atoms with Crippen LogP contribution in [0.4, 0.5) is 5.69 Å². The van der Waals surface area contributed by atoms with Crippen LogP contribution in [0.2, 0.25) is 0 Å². The zero-order valence-corrected chi connectivity index (χ0v) is 15.1. The first-order chi connectivity index (χ1) is 13.7. The number of anilines is 1. The Morgan fingerprint density at radius 3 is 2.64 bits per heavy atom. The van der Waals surface area contributed by atoms with E-state index < -0.39 is 5.92 Å². The highest BCUT2D eigenvalue weighted by Gasteiger charge is 2.33. The minimum absolute atomic E-state index is 0.00244. The average molecular weight is 366 g/mol. The van der Waals surface area contributed by atoms with Crippen molar-refractivity contribution in [3.63, 3.8) is 0 Å². The van der Waals surface area contributed by atoms with Crippen LogP contribution in [-0.2, 0) is 11.4 Å². The Hall–Kier alpha value is -3.50. The molecule has 0 radical (unpaired) electrons. The zero-order valence-electron chi connectivity index (χ0n) is 15.1. The molecule has 1 aromatic heterocycles. The van der Waals surface area contributed by atoms with E-state index in [4.69, 9.17) is 4.98 Å². The molecule has 3 aromatic carbocycles. The topological polar surface area (TPSA) is 62.2 Å². The first-order valence-corrected chi connectivity index (χ1v) is 9.23. The molecule has 4 aromatic rings. The Bertz CT molecular complexity index is 1220. The van der Waals surface area contributed by atoms with E-state index in [1.807, 2.05) is 78.9 Å². The SMILES string of the molecule is O=C1Nc2ccc(-c3cccc(CO)c3)cc2C1c1ccc2ccccc2n1. The van der Waals surface area contributed by atoms with Crippen LogP contribution >= 0.6 is 0 Å². The second-order valence-electron chi connectivity index (χ2n) is 7.01. The van der Waals surface area contributed by atoms with E-state index in [1.165, 1.54) is 0 Å². The molecule has 1 aliphatic heterocycles. The number of rotatable bonds is 3. The van der Waals surface area contributed by atoms with E-state index in [0.29, 0.717) is 0 Å². The predicted octanol–water partition coefficient (Wildman–Crippen LogP) is 4.48. The Morgan fingerprint density at radius 1 is 0.893 bits per heavy atom. The lowest BCUT2D eigenvalue weighted by Crippen LogP contribution is -2.14. The molecule has 0 saturated carbocycles. The number of hydrogen-bond donors (Lipinski definition) is 2. The number of nitrogens with one attached hydrogen (secondary N) is 1. The van der Waals surface area contributed by atoms with Crippen LogP contribution in [0.15, 0.2) is 78.9 Å². The van der Waals surface area contributed by atoms with Crippen molar-refractivity contribution in [2.24, 2.45) is 0 Å². The van der Waals surface area contributed by atoms with Crippen molar-refractivity contribution in [3.05, 3.63) is 95.7 Å². The van der Waals surface area contributed by atoms with Crippen molar-refractivity contribution in [2.75, 3.05) is 5.32 Å². The fraction of sp³-hybridized carbons (Fsp3) is 0.0833. The summed E-state index contributed by atoms with van der Waals surface area (Å²) in [4.78, 5) is 17.5. The molecule has 0 fully saturated rings. The lowest BCUT2D eigenvalue weighted by Gasteiger charge is -2.11. The summed E-state index contributed by atoms with van der Waals surface area (Å²) in [6, 6.07) is 25.6. The highest BCUT2D eigenvalue weighted by Crippen LogP contribution is 2.39. The number of hydrogen-bond acceptors (Lipinski definition) is 3. The van der Waals surface area contributed by atoms with Crippen LogP contribution < -0.4 is 5.32 Å². The monoisotopic (exact) mass is 366 g/mol. The number of aromatic nitrogens is 1. The average Bonchev–Trinajstić information content (AvgIpc) is 3.08. The summed E-state index contributed by atoms with van der Waals surface area (Å²) >= 11 is 0. The molecule has 0 aliphatic carbocycles. The van der Waals surface area contributed by atoms with Crippen LogP contribution in [0, 0.1) is 0 Å². The number of benzene rings is 3. The lowest BCUT2D eigenvalue weighted by molar-refractivity contribution is -0.116. The first-order valence-electron chi connectivity index (χ1n) is 9.23. The van der Waals surface area contributed by atoms with Gasteiger partial charge in [0.05, 0.1) is 17.8 Å². The number of pyridine rings is 1. The molecule has 2 N–H and O–H groups in total. The third-order valence-corrected chi connectivity index (χ3v) is 5.24. The molecule has 1 unspecified atom stereocenters. The van der Waals surface area contributed by atoms with E-state index in [1.54, 1.807) is 0 Å². The Morgan fingerprint density at radius 2 is 1.75 bits per heavy atom. The molecule has 5 rings (SSSR count). The number of fused-ring (bicyclic) bond motifs is 2. The van der Waals surface area contributed by atoms with Gasteiger partial charge in [-0.3, -0.25) is 9.78 Å². The summed E-state index contributed by atoms with van der Waals surface area (Å²) < 4.78 is 0. The fourth-order valence-electron chi connectivity index (χ4n) is 3.83. The smallest absolute Gasteiger partial charge is 0.238 e. The number of carbonyl (C=O) groups excluding carboxylic acids is 1. The molecule has 0 saturated heterocycles. The van der Waals surface area contributed by atoms with Crippen LogP contribution in [-0.4, -0.2) is 16.0 Å². The van der Waals surface area contributed by atoms with Gasteiger partial charge in [0.25, 0.3) is 0 Å². The van der Waals surface area contributed by atoms with Gasteiger partial charge in [-0.2, -0.15) is 0 Å². The van der Waals surface area contributed by atoms with Crippen molar-refractivity contribution in [1.29, 1.82) is 0 Å². The Labute approximate surface area is 162 Å². The van der Waals surface area contributed by atoms with Gasteiger partial charge in [0.2, 0.25) is 5.91 Å². The van der Waals surface area contributed by atoms with E-state index in [9.17, 15) is 9.90 Å². The molecule has 1 atom stereocenters. The van der Waals surface area contributed by atoms with Gasteiger partial charge in [0, 0.05) is 11.1 Å². The molecule has 1 aliphatic rings. The zero-order chi connectivity index (χ0) is 19.1. The van der Waals surface area contributed by atoms with Gasteiger partial charge in [-0.25, -0.2) is 0 Å². The summed E-state index contributed by atoms with van der Waals surface area (Å²) in [5, 5.41) is 13.4. The van der Waals surface area contributed by atoms with E-state index in [0.717, 1.165) is 44.5 Å². The Balaban J connectivity index is 1.61. The standard InChI is InChI=1S/C24H18N2O2/c27-14-15-4-3-6-17(12-15)18-9-10-21-19(13-18)23(24(28)26-21)22-11-8-16-5-1-2-7-20(16)25-22/h1-13,23,27H,14H2,(H,26,28). The van der Waals surface area contributed by atoms with Gasteiger partial charge in [-0.15, -0.1) is 0 Å². The summed E-state index contributed by atoms with van der Waals surface area (Å²) in [6.07, 6.45) is 0. The maximum Gasteiger partial charge on any atom is 0.238 e. The van der Waals surface area contributed by atoms with Crippen molar-refractivity contribution >= 4 is 22.5 Å². The molecule has 4 heteroatoms. The molecule has 4 nitrogen and oxygen atoms in total. The van der Waals surface area contributed by atoms with Gasteiger partial charge >= 0.3 is 0 Å². The van der Waals surface area contributed by atoms with Gasteiger partial charge < -0.3 is 10.4 Å². The Kier molecular flexibility index (Phi) is 3.92. The lowest BCUT2D eigenvalue weighted by atomic mass is 9.92. The van der Waals surface area contributed by atoms with E-state index in [2.05, 4.69) is 5.32 Å². The normalized spacial score (nSPS) is 15.5. The van der Waals surface area contributed by atoms with Crippen molar-refractivity contribution in [2.45, 2.75) is 12.5 Å². The van der Waals surface area contributed by atoms with Crippen LogP contribution in [0.3, 0.4) is 0 Å². The summed E-state index contributed by atoms with van der Waals surface area (Å²) in [5.74, 6) is -0.486. The largest absolute Gasteiger partial charge is 0.392 e.